The van der Waals surface area contributed by atoms with Crippen molar-refractivity contribution in [3.63, 3.8) is 0 Å². The molecule has 3 fully saturated rings. The van der Waals surface area contributed by atoms with Gasteiger partial charge in [-0.1, -0.05) is 31.9 Å². The number of methoxy groups -OCH3 is 1. The van der Waals surface area contributed by atoms with Gasteiger partial charge in [0.25, 0.3) is 5.91 Å². The number of benzene rings is 1. The van der Waals surface area contributed by atoms with Gasteiger partial charge in [0.05, 0.1) is 35.5 Å². The van der Waals surface area contributed by atoms with E-state index in [1.807, 2.05) is 37.3 Å². The van der Waals surface area contributed by atoms with Crippen LogP contribution in [0.2, 0.25) is 0 Å². The lowest BCUT2D eigenvalue weighted by Gasteiger charge is -2.37. The molecule has 7 rings (SSSR count). The van der Waals surface area contributed by atoms with Crippen molar-refractivity contribution in [3.05, 3.63) is 41.6 Å². The van der Waals surface area contributed by atoms with E-state index in [0.29, 0.717) is 76.1 Å². The van der Waals surface area contributed by atoms with Crippen molar-refractivity contribution in [1.82, 2.24) is 19.9 Å². The molecule has 0 unspecified atom stereocenters. The number of allylic oxidation sites excluding steroid dienone is 1. The summed E-state index contributed by atoms with van der Waals surface area (Å²) in [4.78, 5) is 63.6. The smallest absolute Gasteiger partial charge is 0.307 e. The third-order valence-electron chi connectivity index (χ3n) is 12.9. The van der Waals surface area contributed by atoms with Crippen LogP contribution in [0.15, 0.2) is 30.4 Å². The molecule has 4 heterocycles. The zero-order valence-electron chi connectivity index (χ0n) is 36.0. The van der Waals surface area contributed by atoms with Crippen molar-refractivity contribution >= 4 is 44.6 Å². The van der Waals surface area contributed by atoms with Gasteiger partial charge in [-0.2, -0.15) is 0 Å². The Morgan fingerprint density at radius 3 is 2.58 bits per heavy atom. The predicted octanol–water partition coefficient (Wildman–Crippen LogP) is 5.62. The Kier molecular flexibility index (Phi) is 12.4. The Labute approximate surface area is 353 Å². The molecule has 60 heavy (non-hydrogen) atoms. The summed E-state index contributed by atoms with van der Waals surface area (Å²) in [7, 11) is -2.34. The molecular formula is C45H62N4O10S. The summed E-state index contributed by atoms with van der Waals surface area (Å²) in [5.41, 5.74) is -0.663. The zero-order chi connectivity index (χ0) is 43.1. The average Bonchev–Trinajstić information content (AvgIpc) is 4.08. The van der Waals surface area contributed by atoms with E-state index in [4.69, 9.17) is 23.9 Å². The molecule has 3 aliphatic heterocycles. The number of aryl methyl sites for hydroxylation is 2. The van der Waals surface area contributed by atoms with Crippen LogP contribution in [0.4, 0.5) is 0 Å². The molecule has 14 nitrogen and oxygen atoms in total. The molecule has 0 radical (unpaired) electrons. The van der Waals surface area contributed by atoms with E-state index in [-0.39, 0.29) is 31.7 Å². The number of esters is 1. The van der Waals surface area contributed by atoms with Crippen LogP contribution >= 0.6 is 0 Å². The Morgan fingerprint density at radius 1 is 1.08 bits per heavy atom. The molecule has 1 saturated heterocycles. The molecule has 328 valence electrons. The van der Waals surface area contributed by atoms with Crippen LogP contribution in [-0.2, 0) is 51.5 Å². The second kappa shape index (κ2) is 16.9. The SMILES string of the molecule is CCc1nc2ccc(OCCCOC)cc2c2c1O[C@]1(CC2)C[C@H]2C(=O)N[C@]3(C(=O)NS(=O)(=O)C4(C)CC4)C[C@H]3/C=C\CCCCC[C@H](CC(=O)OC(C)(C)C)C(=O)N2C1. The van der Waals surface area contributed by atoms with Gasteiger partial charge < -0.3 is 29.2 Å². The number of hydrogen-bond acceptors (Lipinski definition) is 11. The van der Waals surface area contributed by atoms with E-state index in [1.165, 1.54) is 0 Å². The lowest BCUT2D eigenvalue weighted by molar-refractivity contribution is -0.159. The monoisotopic (exact) mass is 850 g/mol. The maximum atomic E-state index is 14.9. The number of pyridine rings is 1. The van der Waals surface area contributed by atoms with Crippen LogP contribution in [0.5, 0.6) is 11.5 Å². The van der Waals surface area contributed by atoms with E-state index < -0.39 is 67.2 Å². The molecule has 3 amide bonds. The fourth-order valence-corrected chi connectivity index (χ4v) is 10.3. The quantitative estimate of drug-likeness (QED) is 0.163. The largest absolute Gasteiger partial charge is 0.493 e. The van der Waals surface area contributed by atoms with Crippen LogP contribution in [0.3, 0.4) is 0 Å². The number of hydrogen-bond donors (Lipinski definition) is 2. The molecule has 2 saturated carbocycles. The van der Waals surface area contributed by atoms with E-state index in [2.05, 4.69) is 10.0 Å². The highest BCUT2D eigenvalue weighted by Crippen LogP contribution is 2.49. The van der Waals surface area contributed by atoms with Gasteiger partial charge in [0, 0.05) is 49.3 Å². The van der Waals surface area contributed by atoms with E-state index in [9.17, 15) is 27.6 Å². The molecule has 1 aromatic heterocycles. The van der Waals surface area contributed by atoms with Crippen molar-refractivity contribution in [2.75, 3.05) is 26.9 Å². The molecule has 15 heteroatoms. The lowest BCUT2D eigenvalue weighted by Crippen LogP contribution is -2.57. The number of amides is 3. The van der Waals surface area contributed by atoms with Crippen molar-refractivity contribution in [2.24, 2.45) is 11.8 Å². The fourth-order valence-electron chi connectivity index (χ4n) is 9.02. The number of carbonyl (C=O) groups excluding carboxylic acids is 4. The van der Waals surface area contributed by atoms with Gasteiger partial charge in [-0.05, 0) is 104 Å². The first-order chi connectivity index (χ1) is 28.4. The van der Waals surface area contributed by atoms with E-state index in [1.54, 1.807) is 39.7 Å². The summed E-state index contributed by atoms with van der Waals surface area (Å²) in [5.74, 6) is -2.01. The summed E-state index contributed by atoms with van der Waals surface area (Å²) >= 11 is 0. The van der Waals surface area contributed by atoms with Crippen molar-refractivity contribution < 1.29 is 46.5 Å². The van der Waals surface area contributed by atoms with Gasteiger partial charge >= 0.3 is 5.97 Å². The van der Waals surface area contributed by atoms with Crippen LogP contribution < -0.4 is 19.5 Å². The van der Waals surface area contributed by atoms with Crippen LogP contribution in [0.25, 0.3) is 10.9 Å². The zero-order valence-corrected chi connectivity index (χ0v) is 36.8. The van der Waals surface area contributed by atoms with Crippen LogP contribution in [0.1, 0.15) is 123 Å². The van der Waals surface area contributed by atoms with Crippen LogP contribution in [-0.4, -0.2) is 96.4 Å². The molecule has 1 aromatic carbocycles. The summed E-state index contributed by atoms with van der Waals surface area (Å²) in [6, 6.07) is 4.78. The second-order valence-corrected chi connectivity index (χ2v) is 21.0. The second-order valence-electron chi connectivity index (χ2n) is 18.8. The Morgan fingerprint density at radius 2 is 1.87 bits per heavy atom. The highest BCUT2D eigenvalue weighted by atomic mass is 32.2. The topological polar surface area (TPSA) is 180 Å². The molecule has 1 spiro atoms. The molecular weight excluding hydrogens is 789 g/mol. The minimum atomic E-state index is -3.99. The van der Waals surface area contributed by atoms with Crippen molar-refractivity contribution in [3.8, 4) is 11.5 Å². The van der Waals surface area contributed by atoms with Gasteiger partial charge in [0.2, 0.25) is 21.8 Å². The van der Waals surface area contributed by atoms with Crippen molar-refractivity contribution in [1.29, 1.82) is 0 Å². The Hall–Kier alpha value is -4.24. The van der Waals surface area contributed by atoms with Gasteiger partial charge in [0.1, 0.15) is 34.3 Å². The highest BCUT2D eigenvalue weighted by Gasteiger charge is 2.64. The number of ether oxygens (including phenoxy) is 4. The average molecular weight is 851 g/mol. The number of carbonyl (C=O) groups is 4. The highest BCUT2D eigenvalue weighted by molar-refractivity contribution is 7.91. The minimum Gasteiger partial charge on any atom is -0.493 e. The lowest BCUT2D eigenvalue weighted by atomic mass is 9.87. The maximum absolute atomic E-state index is 14.9. The number of nitrogens with zero attached hydrogens (tertiary/aromatic N) is 2. The number of sulfonamides is 1. The van der Waals surface area contributed by atoms with Gasteiger partial charge in [-0.15, -0.1) is 0 Å². The number of aromatic nitrogens is 1. The first-order valence-electron chi connectivity index (χ1n) is 21.8. The number of rotatable bonds is 11. The fraction of sp³-hybridized carbons (Fsp3) is 0.667. The summed E-state index contributed by atoms with van der Waals surface area (Å²) in [6.45, 7) is 10.1. The number of fused-ring (bicyclic) bond motifs is 5. The predicted molar refractivity (Wildman–Crippen MR) is 225 cm³/mol. The molecule has 2 aliphatic carbocycles. The third-order valence-corrected chi connectivity index (χ3v) is 15.0. The van der Waals surface area contributed by atoms with E-state index in [0.717, 1.165) is 41.4 Å². The molecule has 2 N–H and O–H groups in total. The first kappa shape index (κ1) is 43.8. The van der Waals surface area contributed by atoms with Gasteiger partial charge in [-0.25, -0.2) is 13.4 Å². The molecule has 5 atom stereocenters. The van der Waals surface area contributed by atoms with Gasteiger partial charge in [0.15, 0.2) is 0 Å². The first-order valence-corrected chi connectivity index (χ1v) is 23.2. The minimum absolute atomic E-state index is 0.0767. The Bertz CT molecular complexity index is 2150. The normalized spacial score (nSPS) is 28.2. The van der Waals surface area contributed by atoms with Crippen LogP contribution in [0, 0.1) is 11.8 Å². The summed E-state index contributed by atoms with van der Waals surface area (Å²) in [6.07, 6.45) is 10.8. The summed E-state index contributed by atoms with van der Waals surface area (Å²) < 4.78 is 51.8. The summed E-state index contributed by atoms with van der Waals surface area (Å²) in [5, 5.41) is 3.90. The molecule has 2 aromatic rings. The molecule has 5 aliphatic rings. The van der Waals surface area contributed by atoms with E-state index >= 15 is 0 Å². The standard InChI is InChI=1S/C45H62N4O10S/c1-7-34-38-32(33-25-31(16-17-35(33)46-34)57-23-13-22-56-6)18-19-44(59-38)27-36-39(51)47-45(41(53)48-60(54,55)43(5)20-21-43)26-30(45)15-12-10-8-9-11-14-29(40(52)49(36)28-44)24-37(50)58-42(2,3)4/h12,15-17,25,29-30,36H,7-11,13-14,18-24,26-28H2,1-6H3,(H,47,51)(H,48,53)/b15-12-/t29-,30-,36+,44-,45-/m1/s1. The molecule has 0 bridgehead atoms. The Balaban J connectivity index is 1.23. The maximum Gasteiger partial charge on any atom is 0.307 e. The third kappa shape index (κ3) is 9.17. The van der Waals surface area contributed by atoms with Crippen molar-refractivity contribution in [2.45, 2.75) is 152 Å². The van der Waals surface area contributed by atoms with Gasteiger partial charge in [-0.3, -0.25) is 23.9 Å². The number of nitrogens with one attached hydrogen (secondary N) is 2.